The van der Waals surface area contributed by atoms with Crippen LogP contribution in [0.4, 0.5) is 5.95 Å². The second-order valence-electron chi connectivity index (χ2n) is 4.18. The molecule has 0 atom stereocenters. The van der Waals surface area contributed by atoms with Gasteiger partial charge in [-0.1, -0.05) is 0 Å². The molecule has 2 aromatic rings. The van der Waals surface area contributed by atoms with Crippen molar-refractivity contribution >= 4 is 23.0 Å². The number of hydrogen-bond acceptors (Lipinski definition) is 6. The molecule has 0 unspecified atom stereocenters. The molecule has 8 nitrogen and oxygen atoms in total. The van der Waals surface area contributed by atoms with Crippen molar-refractivity contribution in [3.8, 4) is 5.88 Å². The van der Waals surface area contributed by atoms with Gasteiger partial charge < -0.3 is 15.4 Å². The highest BCUT2D eigenvalue weighted by Gasteiger charge is 2.18. The van der Waals surface area contributed by atoms with Crippen LogP contribution in [0.5, 0.6) is 5.88 Å². The fourth-order valence-electron chi connectivity index (χ4n) is 2.05. The van der Waals surface area contributed by atoms with Gasteiger partial charge in [-0.2, -0.15) is 4.98 Å². The zero-order valence-electron chi connectivity index (χ0n) is 11.8. The van der Waals surface area contributed by atoms with Crippen molar-refractivity contribution in [2.24, 2.45) is 0 Å². The van der Waals surface area contributed by atoms with Crippen molar-refractivity contribution in [3.63, 3.8) is 0 Å². The maximum Gasteiger partial charge on any atom is 0.245 e. The number of fused-ring (bicyclic) bond motifs is 1. The van der Waals surface area contributed by atoms with Crippen molar-refractivity contribution in [1.82, 2.24) is 24.4 Å². The molecule has 20 heavy (non-hydrogen) atoms. The molecule has 0 spiro atoms. The van der Waals surface area contributed by atoms with E-state index < -0.39 is 0 Å². The van der Waals surface area contributed by atoms with Crippen LogP contribution < -0.4 is 10.5 Å². The number of nitrogens with zero attached hydrogens (tertiary/aromatic N) is 5. The molecule has 0 saturated carbocycles. The van der Waals surface area contributed by atoms with Gasteiger partial charge in [0.1, 0.15) is 12.9 Å². The Morgan fingerprint density at radius 3 is 2.70 bits per heavy atom. The Morgan fingerprint density at radius 2 is 2.10 bits per heavy atom. The molecule has 0 aromatic carbocycles. The van der Waals surface area contributed by atoms with E-state index in [9.17, 15) is 4.79 Å². The van der Waals surface area contributed by atoms with E-state index in [0.29, 0.717) is 30.1 Å². The Bertz CT molecular complexity index is 620. The van der Waals surface area contributed by atoms with Crippen molar-refractivity contribution < 1.29 is 9.53 Å². The minimum atomic E-state index is -0.0291. The van der Waals surface area contributed by atoms with Gasteiger partial charge in [0.2, 0.25) is 17.7 Å². The van der Waals surface area contributed by atoms with Crippen LogP contribution in [-0.4, -0.2) is 50.5 Å². The molecule has 0 aliphatic carbocycles. The van der Waals surface area contributed by atoms with E-state index in [-0.39, 0.29) is 18.4 Å². The third kappa shape index (κ3) is 2.36. The van der Waals surface area contributed by atoms with Crippen molar-refractivity contribution in [2.45, 2.75) is 20.4 Å². The molecule has 2 N–H and O–H groups in total. The number of nitrogens with two attached hydrogens (primary N) is 1. The van der Waals surface area contributed by atoms with Crippen molar-refractivity contribution in [1.29, 1.82) is 0 Å². The van der Waals surface area contributed by atoms with Gasteiger partial charge in [0.25, 0.3) is 0 Å². The summed E-state index contributed by atoms with van der Waals surface area (Å²) < 4.78 is 6.68. The van der Waals surface area contributed by atoms with E-state index >= 15 is 0 Å². The number of anilines is 1. The third-order valence-corrected chi connectivity index (χ3v) is 3.13. The average molecular weight is 278 g/mol. The van der Waals surface area contributed by atoms with Crippen LogP contribution in [0.15, 0.2) is 6.33 Å². The summed E-state index contributed by atoms with van der Waals surface area (Å²) >= 11 is 0. The van der Waals surface area contributed by atoms with E-state index in [1.54, 1.807) is 9.47 Å². The number of rotatable bonds is 5. The number of carbonyl (C=O) groups excluding carboxylic acids is 1. The number of carbonyl (C=O) groups is 1. The predicted octanol–water partition coefficient (Wildman–Crippen LogP) is 0.286. The number of amides is 1. The monoisotopic (exact) mass is 278 g/mol. The lowest BCUT2D eigenvalue weighted by molar-refractivity contribution is -0.131. The second-order valence-corrected chi connectivity index (χ2v) is 4.18. The Labute approximate surface area is 116 Å². The van der Waals surface area contributed by atoms with Gasteiger partial charge >= 0.3 is 0 Å². The first-order chi connectivity index (χ1) is 9.62. The zero-order valence-corrected chi connectivity index (χ0v) is 11.8. The van der Waals surface area contributed by atoms with Crippen LogP contribution >= 0.6 is 0 Å². The molecule has 2 rings (SSSR count). The average Bonchev–Trinajstić information content (AvgIpc) is 2.76. The fourth-order valence-corrected chi connectivity index (χ4v) is 2.05. The molecule has 8 heteroatoms. The molecule has 1 amide bonds. The van der Waals surface area contributed by atoms with E-state index in [0.717, 1.165) is 0 Å². The maximum atomic E-state index is 12.2. The molecule has 0 aliphatic rings. The van der Waals surface area contributed by atoms with Crippen LogP contribution in [0.25, 0.3) is 11.2 Å². The summed E-state index contributed by atoms with van der Waals surface area (Å²) in [5.74, 6) is 0.536. The predicted molar refractivity (Wildman–Crippen MR) is 74.2 cm³/mol. The minimum Gasteiger partial charge on any atom is -0.479 e. The Morgan fingerprint density at radius 1 is 1.40 bits per heavy atom. The van der Waals surface area contributed by atoms with Gasteiger partial charge in [-0.05, 0) is 13.8 Å². The molecule has 0 aliphatic heterocycles. The lowest BCUT2D eigenvalue weighted by Crippen LogP contribution is -2.33. The topological polar surface area (TPSA) is 99.2 Å². The Balaban J connectivity index is 2.40. The molecular weight excluding hydrogens is 260 g/mol. The Kier molecular flexibility index (Phi) is 4.02. The van der Waals surface area contributed by atoms with Crippen LogP contribution in [0.1, 0.15) is 13.8 Å². The summed E-state index contributed by atoms with van der Waals surface area (Å²) in [4.78, 5) is 26.2. The van der Waals surface area contributed by atoms with E-state index in [4.69, 9.17) is 10.5 Å². The number of hydrogen-bond donors (Lipinski definition) is 1. The molecule has 0 saturated heterocycles. The molecule has 2 heterocycles. The third-order valence-electron chi connectivity index (χ3n) is 3.13. The molecule has 2 aromatic heterocycles. The summed E-state index contributed by atoms with van der Waals surface area (Å²) in [6.45, 7) is 5.27. The number of methoxy groups -OCH3 is 1. The van der Waals surface area contributed by atoms with Crippen molar-refractivity contribution in [3.05, 3.63) is 6.33 Å². The van der Waals surface area contributed by atoms with Crippen LogP contribution in [0.3, 0.4) is 0 Å². The second kappa shape index (κ2) is 5.72. The quantitative estimate of drug-likeness (QED) is 0.843. The van der Waals surface area contributed by atoms with Crippen LogP contribution in [0.2, 0.25) is 0 Å². The standard InChI is InChI=1S/C12H18N6O2/c1-4-17(5-2)8(19)6-18-10-9(16-12(18)13)11(20-3)15-7-14-10/h7H,4-6H2,1-3H3,(H2,13,16). The van der Waals surface area contributed by atoms with Gasteiger partial charge in [0, 0.05) is 13.1 Å². The number of imidazole rings is 1. The van der Waals surface area contributed by atoms with E-state index in [2.05, 4.69) is 15.0 Å². The maximum absolute atomic E-state index is 12.2. The smallest absolute Gasteiger partial charge is 0.245 e. The molecule has 0 bridgehead atoms. The molecule has 0 fully saturated rings. The fraction of sp³-hybridized carbons (Fsp3) is 0.500. The van der Waals surface area contributed by atoms with E-state index in [1.165, 1.54) is 13.4 Å². The van der Waals surface area contributed by atoms with E-state index in [1.807, 2.05) is 13.8 Å². The highest BCUT2D eigenvalue weighted by molar-refractivity contribution is 5.83. The molecular formula is C12H18N6O2. The van der Waals surface area contributed by atoms with Crippen LogP contribution in [0, 0.1) is 0 Å². The summed E-state index contributed by atoms with van der Waals surface area (Å²) in [5.41, 5.74) is 6.82. The summed E-state index contributed by atoms with van der Waals surface area (Å²) in [7, 11) is 1.50. The summed E-state index contributed by atoms with van der Waals surface area (Å²) in [5, 5.41) is 0. The number of aromatic nitrogens is 4. The van der Waals surface area contributed by atoms with Gasteiger partial charge in [-0.25, -0.2) is 9.97 Å². The van der Waals surface area contributed by atoms with Gasteiger partial charge in [0.15, 0.2) is 11.2 Å². The molecule has 0 radical (unpaired) electrons. The summed E-state index contributed by atoms with van der Waals surface area (Å²) in [6.07, 6.45) is 1.36. The first-order valence-electron chi connectivity index (χ1n) is 6.40. The Hall–Kier alpha value is -2.38. The largest absolute Gasteiger partial charge is 0.479 e. The lowest BCUT2D eigenvalue weighted by Gasteiger charge is -2.19. The number of ether oxygens (including phenoxy) is 1. The van der Waals surface area contributed by atoms with Crippen molar-refractivity contribution in [2.75, 3.05) is 25.9 Å². The minimum absolute atomic E-state index is 0.0291. The first kappa shape index (κ1) is 14.0. The van der Waals surface area contributed by atoms with Gasteiger partial charge in [-0.3, -0.25) is 9.36 Å². The highest BCUT2D eigenvalue weighted by Crippen LogP contribution is 2.22. The number of likely N-dealkylation sites (N-methyl/N-ethyl adjacent to an activating group) is 1. The zero-order chi connectivity index (χ0) is 14.7. The SMILES string of the molecule is CCN(CC)C(=O)Cn1c(N)nc2c(OC)ncnc21. The highest BCUT2D eigenvalue weighted by atomic mass is 16.5. The normalized spacial score (nSPS) is 10.8. The van der Waals surface area contributed by atoms with Crippen LogP contribution in [-0.2, 0) is 11.3 Å². The van der Waals surface area contributed by atoms with Gasteiger partial charge in [-0.15, -0.1) is 0 Å². The number of nitrogen functional groups attached to an aromatic ring is 1. The molecule has 108 valence electrons. The first-order valence-corrected chi connectivity index (χ1v) is 6.40. The summed E-state index contributed by atoms with van der Waals surface area (Å²) in [6, 6.07) is 0. The van der Waals surface area contributed by atoms with Gasteiger partial charge in [0.05, 0.1) is 7.11 Å². The lowest BCUT2D eigenvalue weighted by atomic mass is 10.4.